The molecule has 1 aliphatic heterocycles. The molecule has 1 amide bonds. The van der Waals surface area contributed by atoms with E-state index in [1.54, 1.807) is 29.5 Å². The van der Waals surface area contributed by atoms with E-state index in [0.717, 1.165) is 38.7 Å². The van der Waals surface area contributed by atoms with E-state index < -0.39 is 0 Å². The summed E-state index contributed by atoms with van der Waals surface area (Å²) >= 11 is 0. The summed E-state index contributed by atoms with van der Waals surface area (Å²) < 4.78 is 1.79. The van der Waals surface area contributed by atoms with Gasteiger partial charge in [-0.3, -0.25) is 14.4 Å². The van der Waals surface area contributed by atoms with Crippen molar-refractivity contribution in [3.63, 3.8) is 0 Å². The molecule has 134 valence electrons. The van der Waals surface area contributed by atoms with E-state index in [1.807, 2.05) is 19.9 Å². The molecule has 0 unspecified atom stereocenters. The molecule has 1 fully saturated rings. The van der Waals surface area contributed by atoms with Gasteiger partial charge in [-0.1, -0.05) is 0 Å². The summed E-state index contributed by atoms with van der Waals surface area (Å²) in [4.78, 5) is 25.3. The second-order valence-corrected chi connectivity index (χ2v) is 6.44. The molecule has 3 heterocycles. The van der Waals surface area contributed by atoms with Crippen molar-refractivity contribution in [3.05, 3.63) is 36.4 Å². The van der Waals surface area contributed by atoms with Crippen LogP contribution in [0.1, 0.15) is 30.2 Å². The van der Waals surface area contributed by atoms with Crippen LogP contribution in [0.2, 0.25) is 0 Å². The number of aromatic nitrogens is 4. The fraction of sp³-hybridized carbons (Fsp3) is 0.529. The first-order valence-electron chi connectivity index (χ1n) is 8.70. The van der Waals surface area contributed by atoms with Crippen LogP contribution in [-0.4, -0.2) is 69.8 Å². The normalized spacial score (nSPS) is 15.6. The van der Waals surface area contributed by atoms with Gasteiger partial charge >= 0.3 is 0 Å². The van der Waals surface area contributed by atoms with Gasteiger partial charge in [-0.2, -0.15) is 5.10 Å². The summed E-state index contributed by atoms with van der Waals surface area (Å²) in [7, 11) is 0. The zero-order valence-corrected chi connectivity index (χ0v) is 14.8. The SMILES string of the molecule is CC(C)n1cc(C(=O)NCCN2CCN(c3ncccn3)CC2)cn1. The Morgan fingerprint density at radius 2 is 1.92 bits per heavy atom. The number of carbonyl (C=O) groups is 1. The Balaban J connectivity index is 1.39. The summed E-state index contributed by atoms with van der Waals surface area (Å²) in [6.45, 7) is 9.24. The third kappa shape index (κ3) is 4.54. The smallest absolute Gasteiger partial charge is 0.254 e. The summed E-state index contributed by atoms with van der Waals surface area (Å²) in [5, 5.41) is 7.17. The molecule has 0 aromatic carbocycles. The predicted molar refractivity (Wildman–Crippen MR) is 95.6 cm³/mol. The monoisotopic (exact) mass is 343 g/mol. The van der Waals surface area contributed by atoms with Crippen LogP contribution in [0.3, 0.4) is 0 Å². The van der Waals surface area contributed by atoms with Gasteiger partial charge in [-0.15, -0.1) is 0 Å². The van der Waals surface area contributed by atoms with Gasteiger partial charge in [0.1, 0.15) is 0 Å². The lowest BCUT2D eigenvalue weighted by Gasteiger charge is -2.34. The summed E-state index contributed by atoms with van der Waals surface area (Å²) in [5.41, 5.74) is 0.611. The van der Waals surface area contributed by atoms with Crippen LogP contribution >= 0.6 is 0 Å². The summed E-state index contributed by atoms with van der Waals surface area (Å²) in [6.07, 6.45) is 6.95. The van der Waals surface area contributed by atoms with E-state index in [-0.39, 0.29) is 11.9 Å². The minimum absolute atomic E-state index is 0.0665. The highest BCUT2D eigenvalue weighted by molar-refractivity contribution is 5.93. The van der Waals surface area contributed by atoms with E-state index in [1.165, 1.54) is 0 Å². The highest BCUT2D eigenvalue weighted by Gasteiger charge is 2.18. The van der Waals surface area contributed by atoms with Gasteiger partial charge in [-0.25, -0.2) is 9.97 Å². The second kappa shape index (κ2) is 8.06. The molecule has 8 heteroatoms. The van der Waals surface area contributed by atoms with Gasteiger partial charge in [0.05, 0.1) is 11.8 Å². The van der Waals surface area contributed by atoms with Gasteiger partial charge in [-0.05, 0) is 19.9 Å². The Morgan fingerprint density at radius 3 is 2.56 bits per heavy atom. The van der Waals surface area contributed by atoms with E-state index in [0.29, 0.717) is 12.1 Å². The van der Waals surface area contributed by atoms with Crippen molar-refractivity contribution < 1.29 is 4.79 Å². The maximum Gasteiger partial charge on any atom is 0.254 e. The fourth-order valence-electron chi connectivity index (χ4n) is 2.79. The van der Waals surface area contributed by atoms with Crippen LogP contribution in [0, 0.1) is 0 Å². The quantitative estimate of drug-likeness (QED) is 0.836. The molecule has 0 atom stereocenters. The van der Waals surface area contributed by atoms with Crippen molar-refractivity contribution in [1.29, 1.82) is 0 Å². The van der Waals surface area contributed by atoms with Crippen molar-refractivity contribution in [3.8, 4) is 0 Å². The van der Waals surface area contributed by atoms with Crippen molar-refractivity contribution in [2.75, 3.05) is 44.2 Å². The molecule has 0 saturated carbocycles. The Hall–Kier alpha value is -2.48. The van der Waals surface area contributed by atoms with Gasteiger partial charge in [0.25, 0.3) is 5.91 Å². The Bertz CT molecular complexity index is 677. The van der Waals surface area contributed by atoms with Crippen LogP contribution < -0.4 is 10.2 Å². The first kappa shape index (κ1) is 17.3. The highest BCUT2D eigenvalue weighted by Crippen LogP contribution is 2.09. The first-order chi connectivity index (χ1) is 12.1. The Morgan fingerprint density at radius 1 is 1.20 bits per heavy atom. The lowest BCUT2D eigenvalue weighted by Crippen LogP contribution is -2.49. The maximum atomic E-state index is 12.2. The number of rotatable bonds is 6. The van der Waals surface area contributed by atoms with E-state index in [4.69, 9.17) is 0 Å². The lowest BCUT2D eigenvalue weighted by molar-refractivity contribution is 0.0947. The van der Waals surface area contributed by atoms with Gasteiger partial charge in [0, 0.05) is 63.9 Å². The number of nitrogens with one attached hydrogen (secondary N) is 1. The highest BCUT2D eigenvalue weighted by atomic mass is 16.1. The van der Waals surface area contributed by atoms with Crippen molar-refractivity contribution in [1.82, 2.24) is 30.0 Å². The number of piperazine rings is 1. The molecular formula is C17H25N7O. The molecule has 1 aliphatic rings. The van der Waals surface area contributed by atoms with Crippen LogP contribution in [0.15, 0.2) is 30.9 Å². The molecule has 1 saturated heterocycles. The third-order valence-electron chi connectivity index (χ3n) is 4.31. The van der Waals surface area contributed by atoms with E-state index >= 15 is 0 Å². The summed E-state index contributed by atoms with van der Waals surface area (Å²) in [5.74, 6) is 0.723. The van der Waals surface area contributed by atoms with Gasteiger partial charge < -0.3 is 10.2 Å². The topological polar surface area (TPSA) is 79.2 Å². The van der Waals surface area contributed by atoms with Gasteiger partial charge in [0.15, 0.2) is 0 Å². The average Bonchev–Trinajstić information content (AvgIpc) is 3.14. The van der Waals surface area contributed by atoms with Crippen molar-refractivity contribution in [2.24, 2.45) is 0 Å². The van der Waals surface area contributed by atoms with Gasteiger partial charge in [0.2, 0.25) is 5.95 Å². The second-order valence-electron chi connectivity index (χ2n) is 6.44. The molecule has 0 bridgehead atoms. The van der Waals surface area contributed by atoms with E-state index in [2.05, 4.69) is 30.2 Å². The largest absolute Gasteiger partial charge is 0.351 e. The minimum Gasteiger partial charge on any atom is -0.351 e. The molecular weight excluding hydrogens is 318 g/mol. The molecule has 1 N–H and O–H groups in total. The molecule has 2 aromatic heterocycles. The Labute approximate surface area is 147 Å². The molecule has 3 rings (SSSR count). The zero-order valence-electron chi connectivity index (χ0n) is 14.8. The van der Waals surface area contributed by atoms with Crippen LogP contribution in [0.5, 0.6) is 0 Å². The number of anilines is 1. The first-order valence-corrected chi connectivity index (χ1v) is 8.70. The lowest BCUT2D eigenvalue weighted by atomic mass is 10.3. The Kier molecular flexibility index (Phi) is 5.60. The molecule has 0 radical (unpaired) electrons. The number of carbonyl (C=O) groups excluding carboxylic acids is 1. The number of hydrogen-bond acceptors (Lipinski definition) is 6. The molecule has 25 heavy (non-hydrogen) atoms. The van der Waals surface area contributed by atoms with Crippen LogP contribution in [-0.2, 0) is 0 Å². The van der Waals surface area contributed by atoms with Crippen molar-refractivity contribution in [2.45, 2.75) is 19.9 Å². The molecule has 0 spiro atoms. The van der Waals surface area contributed by atoms with Crippen molar-refractivity contribution >= 4 is 11.9 Å². The molecule has 0 aliphatic carbocycles. The predicted octanol–water partition coefficient (Wildman–Crippen LogP) is 0.806. The molecule has 2 aromatic rings. The van der Waals surface area contributed by atoms with E-state index in [9.17, 15) is 4.79 Å². The molecule has 8 nitrogen and oxygen atoms in total. The zero-order chi connectivity index (χ0) is 17.6. The third-order valence-corrected chi connectivity index (χ3v) is 4.31. The summed E-state index contributed by atoms with van der Waals surface area (Å²) in [6, 6.07) is 2.08. The number of nitrogens with zero attached hydrogens (tertiary/aromatic N) is 6. The average molecular weight is 343 g/mol. The maximum absolute atomic E-state index is 12.2. The minimum atomic E-state index is -0.0665. The standard InChI is InChI=1S/C17H25N7O/c1-14(2)24-13-15(12-21-24)16(25)18-6-7-22-8-10-23(11-9-22)17-19-4-3-5-20-17/h3-5,12-14H,6-11H2,1-2H3,(H,18,25). The fourth-order valence-corrected chi connectivity index (χ4v) is 2.79. The van der Waals surface area contributed by atoms with Crippen LogP contribution in [0.4, 0.5) is 5.95 Å². The van der Waals surface area contributed by atoms with Crippen LogP contribution in [0.25, 0.3) is 0 Å². The number of hydrogen-bond donors (Lipinski definition) is 1. The number of amides is 1.